The van der Waals surface area contributed by atoms with Crippen molar-refractivity contribution in [2.75, 3.05) is 18.1 Å². The Balaban J connectivity index is 1.60. The second-order valence-electron chi connectivity index (χ2n) is 4.97. The largest absolute Gasteiger partial charge is 0.393 e. The van der Waals surface area contributed by atoms with E-state index >= 15 is 0 Å². The first-order valence-corrected chi connectivity index (χ1v) is 7.49. The maximum Gasteiger partial charge on any atom is 0.0540 e. The summed E-state index contributed by atoms with van der Waals surface area (Å²) < 4.78 is 0. The lowest BCUT2D eigenvalue weighted by Gasteiger charge is -2.29. The zero-order chi connectivity index (χ0) is 10.5. The van der Waals surface area contributed by atoms with Crippen LogP contribution in [0, 0.1) is 5.92 Å². The van der Waals surface area contributed by atoms with E-state index in [1.807, 2.05) is 0 Å². The van der Waals surface area contributed by atoms with Crippen LogP contribution >= 0.6 is 11.8 Å². The van der Waals surface area contributed by atoms with Gasteiger partial charge in [0, 0.05) is 6.04 Å². The average Bonchev–Trinajstić information content (AvgIpc) is 2.30. The fraction of sp³-hybridized carbons (Fsp3) is 1.00. The second-order valence-corrected chi connectivity index (χ2v) is 6.19. The van der Waals surface area contributed by atoms with Crippen molar-refractivity contribution >= 4 is 11.8 Å². The van der Waals surface area contributed by atoms with Gasteiger partial charge in [0.15, 0.2) is 0 Å². The number of nitrogens with one attached hydrogen (secondary N) is 1. The van der Waals surface area contributed by atoms with Gasteiger partial charge >= 0.3 is 0 Å². The molecular formula is C12H23NOS. The van der Waals surface area contributed by atoms with Gasteiger partial charge in [-0.25, -0.2) is 0 Å². The van der Waals surface area contributed by atoms with Crippen LogP contribution in [0.4, 0.5) is 0 Å². The highest BCUT2D eigenvalue weighted by Gasteiger charge is 2.20. The van der Waals surface area contributed by atoms with Gasteiger partial charge in [-0.1, -0.05) is 0 Å². The molecule has 2 aliphatic rings. The van der Waals surface area contributed by atoms with Crippen molar-refractivity contribution in [1.82, 2.24) is 5.32 Å². The van der Waals surface area contributed by atoms with Gasteiger partial charge < -0.3 is 10.4 Å². The third-order valence-corrected chi connectivity index (χ3v) is 4.78. The molecule has 2 N–H and O–H groups in total. The molecule has 0 spiro atoms. The van der Waals surface area contributed by atoms with Gasteiger partial charge in [-0.3, -0.25) is 0 Å². The summed E-state index contributed by atoms with van der Waals surface area (Å²) in [7, 11) is 0. The predicted molar refractivity (Wildman–Crippen MR) is 66.3 cm³/mol. The van der Waals surface area contributed by atoms with E-state index in [9.17, 15) is 5.11 Å². The number of aliphatic hydroxyl groups is 1. The Bertz CT molecular complexity index is 174. The summed E-state index contributed by atoms with van der Waals surface area (Å²) >= 11 is 2.09. The molecule has 0 atom stereocenters. The molecule has 0 unspecified atom stereocenters. The van der Waals surface area contributed by atoms with Gasteiger partial charge in [0.1, 0.15) is 0 Å². The van der Waals surface area contributed by atoms with Crippen molar-refractivity contribution in [3.05, 3.63) is 0 Å². The Kier molecular flexibility index (Phi) is 4.79. The van der Waals surface area contributed by atoms with Crippen molar-refractivity contribution in [3.8, 4) is 0 Å². The molecule has 0 bridgehead atoms. The van der Waals surface area contributed by atoms with Gasteiger partial charge in [-0.05, 0) is 62.5 Å². The van der Waals surface area contributed by atoms with Crippen molar-refractivity contribution in [2.24, 2.45) is 5.92 Å². The van der Waals surface area contributed by atoms with Gasteiger partial charge in [0.2, 0.25) is 0 Å². The summed E-state index contributed by atoms with van der Waals surface area (Å²) in [4.78, 5) is 0. The first kappa shape index (κ1) is 11.7. The average molecular weight is 229 g/mol. The zero-order valence-electron chi connectivity index (χ0n) is 9.45. The quantitative estimate of drug-likeness (QED) is 0.776. The molecule has 0 aromatic heterocycles. The van der Waals surface area contributed by atoms with E-state index in [0.29, 0.717) is 0 Å². The zero-order valence-corrected chi connectivity index (χ0v) is 10.3. The maximum atomic E-state index is 9.42. The Hall–Kier alpha value is 0.270. The topological polar surface area (TPSA) is 32.3 Å². The molecule has 1 saturated heterocycles. The van der Waals surface area contributed by atoms with Crippen LogP contribution < -0.4 is 5.32 Å². The maximum absolute atomic E-state index is 9.42. The van der Waals surface area contributed by atoms with Crippen molar-refractivity contribution in [1.29, 1.82) is 0 Å². The second kappa shape index (κ2) is 6.12. The fourth-order valence-electron chi connectivity index (χ4n) is 2.58. The van der Waals surface area contributed by atoms with Gasteiger partial charge in [0.25, 0.3) is 0 Å². The van der Waals surface area contributed by atoms with Crippen LogP contribution in [0.3, 0.4) is 0 Å². The molecule has 1 aliphatic carbocycles. The number of hydrogen-bond acceptors (Lipinski definition) is 3. The van der Waals surface area contributed by atoms with E-state index in [-0.39, 0.29) is 6.10 Å². The minimum atomic E-state index is -0.00710. The van der Waals surface area contributed by atoms with Crippen molar-refractivity contribution in [2.45, 2.75) is 50.7 Å². The highest BCUT2D eigenvalue weighted by molar-refractivity contribution is 7.99. The van der Waals surface area contributed by atoms with Crippen LogP contribution in [0.2, 0.25) is 0 Å². The molecule has 88 valence electrons. The van der Waals surface area contributed by atoms with Crippen LogP contribution in [-0.4, -0.2) is 35.3 Å². The van der Waals surface area contributed by atoms with Crippen LogP contribution in [0.1, 0.15) is 38.5 Å². The lowest BCUT2D eigenvalue weighted by molar-refractivity contribution is 0.107. The van der Waals surface area contributed by atoms with E-state index in [2.05, 4.69) is 17.1 Å². The predicted octanol–water partition coefficient (Wildman–Crippen LogP) is 2.02. The highest BCUT2D eigenvalue weighted by atomic mass is 32.2. The molecule has 0 radical (unpaired) electrons. The normalized spacial score (nSPS) is 34.2. The standard InChI is InChI=1S/C12H23NOS/c14-12-3-1-10(2-4-12)9-13-11-5-7-15-8-6-11/h10-14H,1-9H2. The number of hydrogen-bond donors (Lipinski definition) is 2. The fourth-order valence-corrected chi connectivity index (χ4v) is 3.69. The summed E-state index contributed by atoms with van der Waals surface area (Å²) in [6.45, 7) is 1.18. The van der Waals surface area contributed by atoms with E-state index in [1.165, 1.54) is 43.7 Å². The van der Waals surface area contributed by atoms with Gasteiger partial charge in [-0.15, -0.1) is 0 Å². The van der Waals surface area contributed by atoms with E-state index in [0.717, 1.165) is 24.8 Å². The summed E-state index contributed by atoms with van der Waals surface area (Å²) in [5.74, 6) is 3.49. The lowest BCUT2D eigenvalue weighted by Crippen LogP contribution is -2.37. The SMILES string of the molecule is OC1CCC(CNC2CCSCC2)CC1. The Morgan fingerprint density at radius 1 is 1.00 bits per heavy atom. The minimum Gasteiger partial charge on any atom is -0.393 e. The van der Waals surface area contributed by atoms with Crippen molar-refractivity contribution in [3.63, 3.8) is 0 Å². The lowest BCUT2D eigenvalue weighted by atomic mass is 9.87. The summed E-state index contributed by atoms with van der Waals surface area (Å²) in [6.07, 6.45) is 7.16. The molecule has 2 rings (SSSR count). The Morgan fingerprint density at radius 3 is 2.33 bits per heavy atom. The van der Waals surface area contributed by atoms with Crippen LogP contribution in [0.5, 0.6) is 0 Å². The van der Waals surface area contributed by atoms with E-state index < -0.39 is 0 Å². The molecule has 0 amide bonds. The summed E-state index contributed by atoms with van der Waals surface area (Å²) in [5, 5.41) is 13.1. The molecule has 0 aromatic carbocycles. The highest BCUT2D eigenvalue weighted by Crippen LogP contribution is 2.24. The molecule has 15 heavy (non-hydrogen) atoms. The third-order valence-electron chi connectivity index (χ3n) is 3.73. The van der Waals surface area contributed by atoms with Crippen LogP contribution in [-0.2, 0) is 0 Å². The van der Waals surface area contributed by atoms with E-state index in [4.69, 9.17) is 0 Å². The Labute approximate surface area is 97.2 Å². The first-order valence-electron chi connectivity index (χ1n) is 6.34. The van der Waals surface area contributed by atoms with Crippen LogP contribution in [0.25, 0.3) is 0 Å². The molecule has 2 nitrogen and oxygen atoms in total. The molecule has 1 saturated carbocycles. The molecule has 2 fully saturated rings. The number of thioether (sulfide) groups is 1. The molecule has 1 aliphatic heterocycles. The van der Waals surface area contributed by atoms with Gasteiger partial charge in [0.05, 0.1) is 6.10 Å². The number of rotatable bonds is 3. The minimum absolute atomic E-state index is 0.00710. The summed E-state index contributed by atoms with van der Waals surface area (Å²) in [6, 6.07) is 0.776. The summed E-state index contributed by atoms with van der Waals surface area (Å²) in [5.41, 5.74) is 0. The third kappa shape index (κ3) is 3.97. The molecule has 3 heteroatoms. The van der Waals surface area contributed by atoms with Crippen molar-refractivity contribution < 1.29 is 5.11 Å². The smallest absolute Gasteiger partial charge is 0.0540 e. The van der Waals surface area contributed by atoms with Gasteiger partial charge in [-0.2, -0.15) is 11.8 Å². The molecule has 1 heterocycles. The number of aliphatic hydroxyl groups excluding tert-OH is 1. The van der Waals surface area contributed by atoms with E-state index in [1.54, 1.807) is 0 Å². The monoisotopic (exact) mass is 229 g/mol. The molecular weight excluding hydrogens is 206 g/mol. The molecule has 0 aromatic rings. The Morgan fingerprint density at radius 2 is 1.67 bits per heavy atom. The first-order chi connectivity index (χ1) is 7.34. The van der Waals surface area contributed by atoms with Crippen LogP contribution in [0.15, 0.2) is 0 Å².